The Hall–Kier alpha value is -2.95. The summed E-state index contributed by atoms with van der Waals surface area (Å²) in [5, 5.41) is 1.15. The second-order valence-corrected chi connectivity index (χ2v) is 7.24. The van der Waals surface area contributed by atoms with Gasteiger partial charge in [0.25, 0.3) is 5.56 Å². The van der Waals surface area contributed by atoms with Crippen molar-refractivity contribution in [1.29, 1.82) is 0 Å². The van der Waals surface area contributed by atoms with Crippen molar-refractivity contribution in [2.24, 2.45) is 0 Å². The normalized spacial score (nSPS) is 12.1. The van der Waals surface area contributed by atoms with Crippen molar-refractivity contribution in [2.45, 2.75) is 53.2 Å². The van der Waals surface area contributed by atoms with Crippen LogP contribution in [0.2, 0.25) is 0 Å². The lowest BCUT2D eigenvalue weighted by atomic mass is 9.98. The van der Waals surface area contributed by atoms with Crippen LogP contribution in [0.5, 0.6) is 0 Å². The zero-order valence-electron chi connectivity index (χ0n) is 16.5. The Morgan fingerprint density at radius 3 is 2.71 bits per heavy atom. The van der Waals surface area contributed by atoms with Crippen molar-refractivity contribution in [3.05, 3.63) is 62.9 Å². The molecule has 144 valence electrons. The predicted octanol–water partition coefficient (Wildman–Crippen LogP) is 4.00. The molecule has 5 heteroatoms. The van der Waals surface area contributed by atoms with Crippen LogP contribution >= 0.6 is 0 Å². The molecular weight excluding hydrogens is 352 g/mol. The van der Waals surface area contributed by atoms with Crippen molar-refractivity contribution in [3.8, 4) is 11.4 Å². The summed E-state index contributed by atoms with van der Waals surface area (Å²) < 4.78 is 6.96. The molecule has 0 saturated heterocycles. The van der Waals surface area contributed by atoms with E-state index in [9.17, 15) is 9.59 Å². The highest BCUT2D eigenvalue weighted by Gasteiger charge is 2.27. The molecule has 1 aromatic carbocycles. The molecule has 0 spiro atoms. The van der Waals surface area contributed by atoms with E-state index in [1.807, 2.05) is 18.2 Å². The number of aryl methyl sites for hydroxylation is 2. The van der Waals surface area contributed by atoms with Crippen molar-refractivity contribution in [1.82, 2.24) is 9.55 Å². The average molecular weight is 376 g/mol. The van der Waals surface area contributed by atoms with E-state index in [1.54, 1.807) is 4.57 Å². The van der Waals surface area contributed by atoms with Gasteiger partial charge >= 0.3 is 5.97 Å². The molecule has 1 aliphatic rings. The summed E-state index contributed by atoms with van der Waals surface area (Å²) in [5.74, 6) is -0.378. The van der Waals surface area contributed by atoms with Gasteiger partial charge in [0.1, 0.15) is 6.61 Å². The van der Waals surface area contributed by atoms with Crippen LogP contribution in [0.25, 0.3) is 22.3 Å². The van der Waals surface area contributed by atoms with Crippen molar-refractivity contribution in [2.75, 3.05) is 0 Å². The number of fused-ring (bicyclic) bond motifs is 4. The van der Waals surface area contributed by atoms with E-state index in [2.05, 4.69) is 26.0 Å². The highest BCUT2D eigenvalue weighted by molar-refractivity contribution is 5.88. The molecule has 0 amide bonds. The van der Waals surface area contributed by atoms with E-state index in [-0.39, 0.29) is 18.1 Å². The number of pyridine rings is 2. The zero-order chi connectivity index (χ0) is 19.8. The lowest BCUT2D eigenvalue weighted by Gasteiger charge is -2.13. The summed E-state index contributed by atoms with van der Waals surface area (Å²) in [6.07, 6.45) is 2.56. The molecule has 3 aromatic rings. The molecule has 0 saturated carbocycles. The topological polar surface area (TPSA) is 61.2 Å². The van der Waals surface area contributed by atoms with Gasteiger partial charge in [-0.05, 0) is 36.1 Å². The van der Waals surface area contributed by atoms with Crippen LogP contribution in [-0.4, -0.2) is 15.5 Å². The summed E-state index contributed by atoms with van der Waals surface area (Å²) in [4.78, 5) is 29.5. The molecule has 0 N–H and O–H groups in total. The van der Waals surface area contributed by atoms with Gasteiger partial charge in [-0.25, -0.2) is 4.98 Å². The van der Waals surface area contributed by atoms with E-state index in [4.69, 9.17) is 9.72 Å². The largest absolute Gasteiger partial charge is 0.461 e. The SMILES string of the molecule is CCCc1cc2n(c(=O)c1COC(C)=O)Cc1c-2nc2ccccc2c1CC. The third kappa shape index (κ3) is 2.91. The van der Waals surface area contributed by atoms with E-state index in [1.165, 1.54) is 12.5 Å². The van der Waals surface area contributed by atoms with Gasteiger partial charge in [-0.15, -0.1) is 0 Å². The number of rotatable bonds is 5. The average Bonchev–Trinajstić information content (AvgIpc) is 3.04. The molecule has 0 radical (unpaired) electrons. The Labute approximate surface area is 164 Å². The molecule has 0 aliphatic carbocycles. The quantitative estimate of drug-likeness (QED) is 0.494. The van der Waals surface area contributed by atoms with Crippen molar-refractivity contribution >= 4 is 16.9 Å². The van der Waals surface area contributed by atoms with Crippen LogP contribution in [0.15, 0.2) is 35.1 Å². The maximum absolute atomic E-state index is 13.3. The summed E-state index contributed by atoms with van der Waals surface area (Å²) in [7, 11) is 0. The zero-order valence-corrected chi connectivity index (χ0v) is 16.5. The third-order valence-corrected chi connectivity index (χ3v) is 5.46. The predicted molar refractivity (Wildman–Crippen MR) is 109 cm³/mol. The second kappa shape index (κ2) is 7.23. The van der Waals surface area contributed by atoms with E-state index >= 15 is 0 Å². The van der Waals surface area contributed by atoms with Gasteiger partial charge in [0.2, 0.25) is 0 Å². The molecular formula is C23H24N2O3. The summed E-state index contributed by atoms with van der Waals surface area (Å²) in [5.41, 5.74) is 6.57. The molecule has 0 fully saturated rings. The fourth-order valence-corrected chi connectivity index (χ4v) is 4.18. The number of hydrogen-bond acceptors (Lipinski definition) is 4. The van der Waals surface area contributed by atoms with Crippen LogP contribution in [0.3, 0.4) is 0 Å². The minimum absolute atomic E-state index is 0.0240. The van der Waals surface area contributed by atoms with Crippen molar-refractivity contribution < 1.29 is 9.53 Å². The summed E-state index contributed by atoms with van der Waals surface area (Å²) >= 11 is 0. The first-order valence-electron chi connectivity index (χ1n) is 9.84. The van der Waals surface area contributed by atoms with Gasteiger partial charge in [0.05, 0.1) is 29.0 Å². The number of ether oxygens (including phenoxy) is 1. The lowest BCUT2D eigenvalue weighted by molar-refractivity contribution is -0.142. The first kappa shape index (κ1) is 18.4. The summed E-state index contributed by atoms with van der Waals surface area (Å²) in [6.45, 7) is 6.13. The molecule has 3 heterocycles. The van der Waals surface area contributed by atoms with Gasteiger partial charge in [0.15, 0.2) is 0 Å². The van der Waals surface area contributed by atoms with Crippen LogP contribution in [-0.2, 0) is 35.5 Å². The number of nitrogens with zero attached hydrogens (tertiary/aromatic N) is 2. The maximum atomic E-state index is 13.3. The molecule has 4 rings (SSSR count). The van der Waals surface area contributed by atoms with Gasteiger partial charge in [-0.2, -0.15) is 0 Å². The van der Waals surface area contributed by atoms with Crippen LogP contribution < -0.4 is 5.56 Å². The molecule has 1 aliphatic heterocycles. The highest BCUT2D eigenvalue weighted by atomic mass is 16.5. The first-order chi connectivity index (χ1) is 13.5. The standard InChI is InChI=1S/C23H24N2O3/c1-4-8-15-11-21-22-18(12-25(21)23(27)19(15)13-28-14(3)26)16(5-2)17-9-6-7-10-20(17)24-22/h6-7,9-11H,4-5,8,12-13H2,1-3H3. The minimum Gasteiger partial charge on any atom is -0.461 e. The van der Waals surface area contributed by atoms with E-state index in [0.29, 0.717) is 12.1 Å². The van der Waals surface area contributed by atoms with E-state index in [0.717, 1.165) is 52.7 Å². The smallest absolute Gasteiger partial charge is 0.302 e. The molecule has 28 heavy (non-hydrogen) atoms. The number of hydrogen-bond donors (Lipinski definition) is 0. The third-order valence-electron chi connectivity index (χ3n) is 5.46. The van der Waals surface area contributed by atoms with E-state index < -0.39 is 0 Å². The van der Waals surface area contributed by atoms with Gasteiger partial charge in [0, 0.05) is 17.9 Å². The summed E-state index contributed by atoms with van der Waals surface area (Å²) in [6, 6.07) is 10.2. The Morgan fingerprint density at radius 1 is 1.21 bits per heavy atom. The number of esters is 1. The fourth-order valence-electron chi connectivity index (χ4n) is 4.18. The first-order valence-corrected chi connectivity index (χ1v) is 9.84. The molecule has 0 atom stereocenters. The second-order valence-electron chi connectivity index (χ2n) is 7.24. The van der Waals surface area contributed by atoms with Crippen LogP contribution in [0.1, 0.15) is 49.4 Å². The maximum Gasteiger partial charge on any atom is 0.302 e. The Balaban J connectivity index is 1.94. The van der Waals surface area contributed by atoms with Crippen molar-refractivity contribution in [3.63, 3.8) is 0 Å². The number of carbonyl (C=O) groups excluding carboxylic acids is 1. The van der Waals surface area contributed by atoms with Gasteiger partial charge in [-0.3, -0.25) is 9.59 Å². The minimum atomic E-state index is -0.378. The van der Waals surface area contributed by atoms with Crippen LogP contribution in [0, 0.1) is 0 Å². The molecule has 5 nitrogen and oxygen atoms in total. The Morgan fingerprint density at radius 2 is 2.00 bits per heavy atom. The Kier molecular flexibility index (Phi) is 4.75. The monoisotopic (exact) mass is 376 g/mol. The molecule has 0 unspecified atom stereocenters. The number of aromatic nitrogens is 2. The van der Waals surface area contributed by atoms with Gasteiger partial charge in [-0.1, -0.05) is 38.5 Å². The lowest BCUT2D eigenvalue weighted by Crippen LogP contribution is -2.26. The number of benzene rings is 1. The highest BCUT2D eigenvalue weighted by Crippen LogP contribution is 2.36. The van der Waals surface area contributed by atoms with Crippen LogP contribution in [0.4, 0.5) is 0 Å². The number of para-hydroxylation sites is 1. The molecule has 2 aromatic heterocycles. The Bertz CT molecular complexity index is 1140. The number of carbonyl (C=O) groups is 1. The van der Waals surface area contributed by atoms with Gasteiger partial charge < -0.3 is 9.30 Å². The molecule has 0 bridgehead atoms. The fraction of sp³-hybridized carbons (Fsp3) is 0.348.